The summed E-state index contributed by atoms with van der Waals surface area (Å²) in [5.41, 5.74) is 0. The summed E-state index contributed by atoms with van der Waals surface area (Å²) in [6.45, 7) is 4.96. The van der Waals surface area contributed by atoms with Gasteiger partial charge in [-0.2, -0.15) is 0 Å². The van der Waals surface area contributed by atoms with Crippen LogP contribution in [0, 0.1) is 0 Å². The maximum Gasteiger partial charge on any atom is 0.305 e. The standard InChI is InChI=1S/C65H125NO5/c1-3-5-7-9-11-13-15-17-18-30-34-37-41-45-49-53-57-63(68)62(61-67)66-64(69)58-54-50-46-42-38-35-31-28-26-24-22-20-19-21-23-25-27-29-32-36-40-44-48-52-56-60-71-65(70)59-55-51-47-43-39-33-16-14-12-10-8-6-4-2/h14,16,20,22,62-63,67-68H,3-13,15,17-19,21,23-61H2,1-2H3,(H,66,69)/b16-14-,22-20-. The molecule has 2 atom stereocenters. The molecular formula is C65H125NO5. The maximum absolute atomic E-state index is 12.5. The lowest BCUT2D eigenvalue weighted by molar-refractivity contribution is -0.143. The van der Waals surface area contributed by atoms with Crippen molar-refractivity contribution in [3.05, 3.63) is 24.3 Å². The Morgan fingerprint density at radius 1 is 0.380 bits per heavy atom. The average molecular weight is 1000 g/mol. The van der Waals surface area contributed by atoms with Crippen LogP contribution in [0.4, 0.5) is 0 Å². The zero-order valence-electron chi connectivity index (χ0n) is 48.0. The van der Waals surface area contributed by atoms with Gasteiger partial charge in [0.25, 0.3) is 0 Å². The Hall–Kier alpha value is -1.66. The molecule has 0 aromatic rings. The van der Waals surface area contributed by atoms with Crippen molar-refractivity contribution < 1.29 is 24.5 Å². The van der Waals surface area contributed by atoms with Gasteiger partial charge in [0.05, 0.1) is 25.4 Å². The Balaban J connectivity index is 3.40. The predicted molar refractivity (Wildman–Crippen MR) is 310 cm³/mol. The van der Waals surface area contributed by atoms with Gasteiger partial charge < -0.3 is 20.3 Å². The third-order valence-electron chi connectivity index (χ3n) is 15.0. The van der Waals surface area contributed by atoms with E-state index in [1.807, 2.05) is 0 Å². The van der Waals surface area contributed by atoms with Crippen LogP contribution in [-0.4, -0.2) is 47.4 Å². The van der Waals surface area contributed by atoms with E-state index in [1.54, 1.807) is 0 Å². The van der Waals surface area contributed by atoms with Gasteiger partial charge in [0, 0.05) is 12.8 Å². The molecule has 0 spiro atoms. The first-order chi connectivity index (χ1) is 35.0. The number of hydrogen-bond donors (Lipinski definition) is 3. The molecule has 6 nitrogen and oxygen atoms in total. The van der Waals surface area contributed by atoms with Gasteiger partial charge in [0.15, 0.2) is 0 Å². The minimum atomic E-state index is -0.666. The lowest BCUT2D eigenvalue weighted by Crippen LogP contribution is -2.45. The number of aliphatic hydroxyl groups excluding tert-OH is 2. The van der Waals surface area contributed by atoms with Crippen LogP contribution in [0.1, 0.15) is 354 Å². The van der Waals surface area contributed by atoms with Gasteiger partial charge in [0.1, 0.15) is 0 Å². The Kier molecular flexibility index (Phi) is 59.5. The lowest BCUT2D eigenvalue weighted by atomic mass is 10.0. The maximum atomic E-state index is 12.5. The van der Waals surface area contributed by atoms with E-state index in [-0.39, 0.29) is 18.5 Å². The van der Waals surface area contributed by atoms with Crippen LogP contribution in [0.2, 0.25) is 0 Å². The van der Waals surface area contributed by atoms with Crippen molar-refractivity contribution in [2.24, 2.45) is 0 Å². The van der Waals surface area contributed by atoms with Crippen molar-refractivity contribution in [3.8, 4) is 0 Å². The second-order valence-corrected chi connectivity index (χ2v) is 22.1. The number of allylic oxidation sites excluding steroid dienone is 4. The minimum absolute atomic E-state index is 0.00458. The highest BCUT2D eigenvalue weighted by Crippen LogP contribution is 2.18. The summed E-state index contributed by atoms with van der Waals surface area (Å²) in [6.07, 6.45) is 74.8. The van der Waals surface area contributed by atoms with E-state index in [2.05, 4.69) is 43.5 Å². The lowest BCUT2D eigenvalue weighted by Gasteiger charge is -2.22. The number of esters is 1. The number of aliphatic hydroxyl groups is 2. The number of rotatable bonds is 60. The summed E-state index contributed by atoms with van der Waals surface area (Å²) in [7, 11) is 0. The third kappa shape index (κ3) is 57.5. The fraction of sp³-hybridized carbons (Fsp3) is 0.908. The zero-order valence-corrected chi connectivity index (χ0v) is 48.0. The van der Waals surface area contributed by atoms with Crippen molar-refractivity contribution in [3.63, 3.8) is 0 Å². The molecule has 0 aliphatic heterocycles. The monoisotopic (exact) mass is 1000 g/mol. The average Bonchev–Trinajstić information content (AvgIpc) is 3.37. The molecule has 0 bridgehead atoms. The van der Waals surface area contributed by atoms with E-state index < -0.39 is 12.1 Å². The first kappa shape index (κ1) is 69.3. The molecule has 0 aliphatic carbocycles. The number of unbranched alkanes of at least 4 members (excludes halogenated alkanes) is 45. The van der Waals surface area contributed by atoms with Crippen LogP contribution in [0.3, 0.4) is 0 Å². The van der Waals surface area contributed by atoms with Crippen LogP contribution < -0.4 is 5.32 Å². The molecule has 0 fully saturated rings. The summed E-state index contributed by atoms with van der Waals surface area (Å²) >= 11 is 0. The normalized spacial score (nSPS) is 12.7. The van der Waals surface area contributed by atoms with Gasteiger partial charge in [-0.1, -0.05) is 289 Å². The van der Waals surface area contributed by atoms with E-state index >= 15 is 0 Å². The molecule has 6 heteroatoms. The molecule has 0 saturated heterocycles. The fourth-order valence-corrected chi connectivity index (χ4v) is 10.0. The molecular weight excluding hydrogens is 875 g/mol. The summed E-state index contributed by atoms with van der Waals surface area (Å²) in [4.78, 5) is 24.5. The van der Waals surface area contributed by atoms with Crippen LogP contribution in [0.5, 0.6) is 0 Å². The second kappa shape index (κ2) is 60.9. The van der Waals surface area contributed by atoms with Crippen molar-refractivity contribution in [1.29, 1.82) is 0 Å². The zero-order chi connectivity index (χ0) is 51.4. The first-order valence-corrected chi connectivity index (χ1v) is 32.1. The SMILES string of the molecule is CCCCCC/C=C\CCCCCCCC(=O)OCCCCCCCCCCCCCC/C=C\CCCCCCCCCCCC(=O)NC(CO)C(O)CCCCCCCCCCCCCCCCCC. The first-order valence-electron chi connectivity index (χ1n) is 32.1. The molecule has 0 rings (SSSR count). The fourth-order valence-electron chi connectivity index (χ4n) is 10.0. The van der Waals surface area contributed by atoms with E-state index in [1.165, 1.54) is 276 Å². The van der Waals surface area contributed by atoms with Crippen molar-refractivity contribution in [2.45, 2.75) is 366 Å². The number of hydrogen-bond acceptors (Lipinski definition) is 5. The van der Waals surface area contributed by atoms with Gasteiger partial charge in [-0.25, -0.2) is 0 Å². The van der Waals surface area contributed by atoms with Gasteiger partial charge in [-0.15, -0.1) is 0 Å². The molecule has 1 amide bonds. The van der Waals surface area contributed by atoms with Gasteiger partial charge in [-0.3, -0.25) is 9.59 Å². The Morgan fingerprint density at radius 2 is 0.662 bits per heavy atom. The van der Waals surface area contributed by atoms with Gasteiger partial charge in [-0.05, 0) is 77.0 Å². The summed E-state index contributed by atoms with van der Waals surface area (Å²) in [5.74, 6) is -0.0311. The summed E-state index contributed by atoms with van der Waals surface area (Å²) in [5, 5.41) is 23.3. The highest BCUT2D eigenvalue weighted by molar-refractivity contribution is 5.76. The molecule has 71 heavy (non-hydrogen) atoms. The van der Waals surface area contributed by atoms with Crippen LogP contribution in [0.15, 0.2) is 24.3 Å². The highest BCUT2D eigenvalue weighted by atomic mass is 16.5. The quantitative estimate of drug-likeness (QED) is 0.0320. The number of nitrogens with one attached hydrogen (secondary N) is 1. The van der Waals surface area contributed by atoms with E-state index in [0.717, 1.165) is 44.9 Å². The third-order valence-corrected chi connectivity index (χ3v) is 15.0. The summed E-state index contributed by atoms with van der Waals surface area (Å²) in [6, 6.07) is -0.543. The highest BCUT2D eigenvalue weighted by Gasteiger charge is 2.20. The van der Waals surface area contributed by atoms with Crippen LogP contribution in [-0.2, 0) is 14.3 Å². The number of amides is 1. The number of ether oxygens (including phenoxy) is 1. The molecule has 0 aliphatic rings. The molecule has 0 radical (unpaired) electrons. The molecule has 2 unspecified atom stereocenters. The smallest absolute Gasteiger partial charge is 0.305 e. The van der Waals surface area contributed by atoms with Gasteiger partial charge in [0.2, 0.25) is 5.91 Å². The Bertz CT molecular complexity index is 1110. The largest absolute Gasteiger partial charge is 0.466 e. The number of carbonyl (C=O) groups is 2. The second-order valence-electron chi connectivity index (χ2n) is 22.1. The molecule has 3 N–H and O–H groups in total. The Morgan fingerprint density at radius 3 is 1.01 bits per heavy atom. The van der Waals surface area contributed by atoms with E-state index in [0.29, 0.717) is 25.9 Å². The minimum Gasteiger partial charge on any atom is -0.466 e. The van der Waals surface area contributed by atoms with E-state index in [9.17, 15) is 19.8 Å². The molecule has 0 heterocycles. The molecule has 0 aromatic carbocycles. The number of carbonyl (C=O) groups excluding carboxylic acids is 2. The van der Waals surface area contributed by atoms with Crippen molar-refractivity contribution >= 4 is 11.9 Å². The van der Waals surface area contributed by atoms with Crippen molar-refractivity contribution in [1.82, 2.24) is 5.32 Å². The predicted octanol–water partition coefficient (Wildman–Crippen LogP) is 20.2. The molecule has 0 saturated carbocycles. The van der Waals surface area contributed by atoms with E-state index in [4.69, 9.17) is 4.74 Å². The van der Waals surface area contributed by atoms with Crippen LogP contribution in [0.25, 0.3) is 0 Å². The molecule has 0 aromatic heterocycles. The van der Waals surface area contributed by atoms with Crippen LogP contribution >= 0.6 is 0 Å². The Labute approximate surface area is 443 Å². The van der Waals surface area contributed by atoms with Crippen molar-refractivity contribution in [2.75, 3.05) is 13.2 Å². The summed E-state index contributed by atoms with van der Waals surface area (Å²) < 4.78 is 5.47. The molecule has 420 valence electrons. The van der Waals surface area contributed by atoms with Gasteiger partial charge >= 0.3 is 5.97 Å². The topological polar surface area (TPSA) is 95.9 Å².